The van der Waals surface area contributed by atoms with Crippen LogP contribution in [0.4, 0.5) is 0 Å². The van der Waals surface area contributed by atoms with Crippen LogP contribution in [0.5, 0.6) is 0 Å². The van der Waals surface area contributed by atoms with E-state index in [2.05, 4.69) is 6.92 Å². The van der Waals surface area contributed by atoms with Crippen LogP contribution in [-0.4, -0.2) is 46.8 Å². The largest absolute Gasteiger partial charge is 0.329 e. The minimum atomic E-state index is -0.203. The molecule has 2 saturated heterocycles. The molecule has 4 heteroatoms. The zero-order chi connectivity index (χ0) is 15.0. The fourth-order valence-corrected chi connectivity index (χ4v) is 4.36. The summed E-state index contributed by atoms with van der Waals surface area (Å²) in [5.74, 6) is 1.84. The lowest BCUT2D eigenvalue weighted by Gasteiger charge is -2.44. The van der Waals surface area contributed by atoms with Crippen molar-refractivity contribution in [3.05, 3.63) is 0 Å². The minimum absolute atomic E-state index is 0.150. The molecule has 0 radical (unpaired) electrons. The Hall–Kier alpha value is -1.06. The van der Waals surface area contributed by atoms with E-state index in [4.69, 9.17) is 0 Å². The normalized spacial score (nSPS) is 37.0. The second kappa shape index (κ2) is 5.98. The molecule has 0 N–H and O–H groups in total. The molecule has 0 bridgehead atoms. The van der Waals surface area contributed by atoms with E-state index in [1.165, 1.54) is 25.7 Å². The second-order valence-corrected chi connectivity index (χ2v) is 7.23. The van der Waals surface area contributed by atoms with Gasteiger partial charge in [0.25, 0.3) is 0 Å². The number of hydrogen-bond acceptors (Lipinski definition) is 2. The van der Waals surface area contributed by atoms with Gasteiger partial charge in [0, 0.05) is 13.1 Å². The van der Waals surface area contributed by atoms with Crippen molar-refractivity contribution in [3.63, 3.8) is 0 Å². The lowest BCUT2D eigenvalue weighted by atomic mass is 9.82. The highest BCUT2D eigenvalue weighted by Gasteiger charge is 2.47. The van der Waals surface area contributed by atoms with Crippen LogP contribution in [0.25, 0.3) is 0 Å². The Morgan fingerprint density at radius 3 is 2.43 bits per heavy atom. The van der Waals surface area contributed by atoms with Gasteiger partial charge >= 0.3 is 0 Å². The maximum Gasteiger partial charge on any atom is 0.246 e. The number of piperazine rings is 1. The van der Waals surface area contributed by atoms with Gasteiger partial charge in [-0.15, -0.1) is 0 Å². The number of carbonyl (C=O) groups excluding carboxylic acids is 2. The van der Waals surface area contributed by atoms with Crippen molar-refractivity contribution in [3.8, 4) is 0 Å². The molecule has 2 atom stereocenters. The quantitative estimate of drug-likeness (QED) is 0.801. The lowest BCUT2D eigenvalue weighted by Crippen LogP contribution is -2.63. The Balaban J connectivity index is 1.72. The zero-order valence-corrected chi connectivity index (χ0v) is 13.4. The summed E-state index contributed by atoms with van der Waals surface area (Å²) in [6.07, 6.45) is 7.55. The monoisotopic (exact) mass is 292 g/mol. The van der Waals surface area contributed by atoms with Gasteiger partial charge in [-0.1, -0.05) is 26.7 Å². The molecular weight excluding hydrogens is 264 g/mol. The van der Waals surface area contributed by atoms with E-state index in [0.29, 0.717) is 5.92 Å². The molecule has 1 saturated carbocycles. The summed E-state index contributed by atoms with van der Waals surface area (Å²) in [6.45, 7) is 5.93. The molecule has 1 aliphatic carbocycles. The van der Waals surface area contributed by atoms with Crippen LogP contribution in [-0.2, 0) is 9.59 Å². The predicted molar refractivity (Wildman–Crippen MR) is 81.6 cm³/mol. The summed E-state index contributed by atoms with van der Waals surface area (Å²) in [5, 5.41) is 0. The topological polar surface area (TPSA) is 40.6 Å². The second-order valence-electron chi connectivity index (χ2n) is 7.23. The van der Waals surface area contributed by atoms with E-state index in [9.17, 15) is 9.59 Å². The summed E-state index contributed by atoms with van der Waals surface area (Å²) in [4.78, 5) is 29.2. The molecule has 2 amide bonds. The Bertz CT molecular complexity index is 415. The first-order valence-electron chi connectivity index (χ1n) is 8.72. The van der Waals surface area contributed by atoms with Crippen LogP contribution < -0.4 is 0 Å². The molecule has 2 aliphatic heterocycles. The summed E-state index contributed by atoms with van der Waals surface area (Å²) >= 11 is 0. The van der Waals surface area contributed by atoms with E-state index in [1.807, 2.05) is 16.7 Å². The fourth-order valence-electron chi connectivity index (χ4n) is 4.36. The number of hydrogen-bond donors (Lipinski definition) is 0. The first-order valence-corrected chi connectivity index (χ1v) is 8.72. The van der Waals surface area contributed by atoms with Gasteiger partial charge < -0.3 is 9.80 Å². The number of fused-ring (bicyclic) bond motifs is 1. The molecule has 21 heavy (non-hydrogen) atoms. The molecule has 2 heterocycles. The molecule has 3 aliphatic rings. The highest BCUT2D eigenvalue weighted by molar-refractivity contribution is 5.97. The molecule has 0 aromatic heterocycles. The summed E-state index contributed by atoms with van der Waals surface area (Å²) in [7, 11) is 0. The van der Waals surface area contributed by atoms with Crippen LogP contribution in [0.2, 0.25) is 0 Å². The maximum atomic E-state index is 12.8. The van der Waals surface area contributed by atoms with Gasteiger partial charge in [-0.3, -0.25) is 9.59 Å². The average molecular weight is 292 g/mol. The van der Waals surface area contributed by atoms with Crippen molar-refractivity contribution in [2.45, 2.75) is 70.9 Å². The van der Waals surface area contributed by atoms with Crippen molar-refractivity contribution in [2.24, 2.45) is 11.8 Å². The van der Waals surface area contributed by atoms with Crippen LogP contribution in [0, 0.1) is 11.8 Å². The Morgan fingerprint density at radius 1 is 1.05 bits per heavy atom. The van der Waals surface area contributed by atoms with Gasteiger partial charge in [0.1, 0.15) is 12.1 Å². The van der Waals surface area contributed by atoms with E-state index in [-0.39, 0.29) is 23.9 Å². The summed E-state index contributed by atoms with van der Waals surface area (Å²) < 4.78 is 0. The third-order valence-electron chi connectivity index (χ3n) is 5.74. The third kappa shape index (κ3) is 2.69. The van der Waals surface area contributed by atoms with Gasteiger partial charge in [0.15, 0.2) is 0 Å². The number of nitrogens with zero attached hydrogens (tertiary/aromatic N) is 2. The van der Waals surface area contributed by atoms with Gasteiger partial charge in [-0.25, -0.2) is 0 Å². The van der Waals surface area contributed by atoms with Gasteiger partial charge in [-0.05, 0) is 43.9 Å². The highest BCUT2D eigenvalue weighted by atomic mass is 16.2. The molecule has 3 rings (SSSR count). The van der Waals surface area contributed by atoms with Crippen LogP contribution >= 0.6 is 0 Å². The van der Waals surface area contributed by atoms with E-state index >= 15 is 0 Å². The minimum Gasteiger partial charge on any atom is -0.329 e. The first-order chi connectivity index (χ1) is 10.1. The SMILES string of the molecule is CCC1C(=O)N2CCCC2C(=O)N1CC1CCC(C)CC1. The molecule has 0 aromatic rings. The molecule has 3 fully saturated rings. The van der Waals surface area contributed by atoms with Gasteiger partial charge in [0.05, 0.1) is 0 Å². The number of amides is 2. The first kappa shape index (κ1) is 14.9. The Morgan fingerprint density at radius 2 is 1.76 bits per heavy atom. The van der Waals surface area contributed by atoms with E-state index in [1.54, 1.807) is 0 Å². The van der Waals surface area contributed by atoms with Crippen molar-refractivity contribution in [1.29, 1.82) is 0 Å². The lowest BCUT2D eigenvalue weighted by molar-refractivity contribution is -0.160. The van der Waals surface area contributed by atoms with Gasteiger partial charge in [-0.2, -0.15) is 0 Å². The predicted octanol–water partition coefficient (Wildman–Crippen LogP) is 2.42. The third-order valence-corrected chi connectivity index (χ3v) is 5.74. The van der Waals surface area contributed by atoms with Crippen LogP contribution in [0.15, 0.2) is 0 Å². The average Bonchev–Trinajstić information content (AvgIpc) is 2.97. The molecule has 0 spiro atoms. The maximum absolute atomic E-state index is 12.8. The van der Waals surface area contributed by atoms with E-state index in [0.717, 1.165) is 38.3 Å². The van der Waals surface area contributed by atoms with Crippen molar-refractivity contribution in [1.82, 2.24) is 9.80 Å². The number of rotatable bonds is 3. The van der Waals surface area contributed by atoms with Crippen LogP contribution in [0.1, 0.15) is 58.8 Å². The number of carbonyl (C=O) groups is 2. The zero-order valence-electron chi connectivity index (χ0n) is 13.4. The molecule has 2 unspecified atom stereocenters. The van der Waals surface area contributed by atoms with Crippen molar-refractivity contribution in [2.75, 3.05) is 13.1 Å². The molecule has 4 nitrogen and oxygen atoms in total. The fraction of sp³-hybridized carbons (Fsp3) is 0.882. The Kier molecular flexibility index (Phi) is 4.23. The Labute approximate surface area is 127 Å². The summed E-state index contributed by atoms with van der Waals surface area (Å²) in [5.41, 5.74) is 0. The highest BCUT2D eigenvalue weighted by Crippen LogP contribution is 2.33. The molecular formula is C17H28N2O2. The molecule has 0 aromatic carbocycles. The van der Waals surface area contributed by atoms with Crippen molar-refractivity contribution < 1.29 is 9.59 Å². The smallest absolute Gasteiger partial charge is 0.246 e. The van der Waals surface area contributed by atoms with Gasteiger partial charge in [0.2, 0.25) is 11.8 Å². The van der Waals surface area contributed by atoms with Crippen molar-refractivity contribution >= 4 is 11.8 Å². The molecule has 118 valence electrons. The summed E-state index contributed by atoms with van der Waals surface area (Å²) in [6, 6.07) is -0.353. The standard InChI is InChI=1S/C17H28N2O2/c1-3-14-16(20)18-10-4-5-15(18)17(21)19(14)11-13-8-6-12(2)7-9-13/h12-15H,3-11H2,1-2H3. The van der Waals surface area contributed by atoms with Crippen LogP contribution in [0.3, 0.4) is 0 Å². The van der Waals surface area contributed by atoms with E-state index < -0.39 is 0 Å².